The number of unbranched alkanes of at least 4 members (excludes halogenated alkanes) is 1. The number of hydrogen-bond acceptors (Lipinski definition) is 10. The summed E-state index contributed by atoms with van der Waals surface area (Å²) >= 11 is 0. The Hall–Kier alpha value is -3.23. The van der Waals surface area contributed by atoms with E-state index < -0.39 is 42.1 Å². The van der Waals surface area contributed by atoms with Gasteiger partial charge in [-0.05, 0) is 39.5 Å². The highest BCUT2D eigenvalue weighted by Crippen LogP contribution is 2.31. The Balaban J connectivity index is 1.34. The first-order valence-electron chi connectivity index (χ1n) is 12.8. The van der Waals surface area contributed by atoms with Crippen molar-refractivity contribution in [1.82, 2.24) is 24.4 Å². The third kappa shape index (κ3) is 6.25. The number of aromatic nitrogens is 4. The number of fused-ring (bicyclic) bond motifs is 2. The normalized spacial score (nSPS) is 24.0. The van der Waals surface area contributed by atoms with Gasteiger partial charge in [0.05, 0.1) is 19.0 Å². The van der Waals surface area contributed by atoms with E-state index in [0.717, 1.165) is 6.42 Å². The van der Waals surface area contributed by atoms with Crippen LogP contribution in [0.4, 0.5) is 10.7 Å². The first-order chi connectivity index (χ1) is 18.0. The van der Waals surface area contributed by atoms with E-state index in [-0.39, 0.29) is 36.4 Å². The third-order valence-electron chi connectivity index (χ3n) is 6.71. The van der Waals surface area contributed by atoms with Gasteiger partial charge in [-0.3, -0.25) is 13.9 Å². The first-order valence-corrected chi connectivity index (χ1v) is 12.8. The zero-order valence-electron chi connectivity index (χ0n) is 21.8. The Morgan fingerprint density at radius 1 is 1.34 bits per heavy atom. The Morgan fingerprint density at radius 3 is 2.76 bits per heavy atom. The first kappa shape index (κ1) is 27.8. The molecule has 2 aliphatic heterocycles. The summed E-state index contributed by atoms with van der Waals surface area (Å²) in [5, 5.41) is 34.5. The van der Waals surface area contributed by atoms with Gasteiger partial charge in [-0.25, -0.2) is 14.6 Å². The van der Waals surface area contributed by atoms with Crippen LogP contribution < -0.4 is 16.2 Å². The summed E-state index contributed by atoms with van der Waals surface area (Å²) < 4.78 is 14.0. The zero-order valence-corrected chi connectivity index (χ0v) is 21.8. The molecule has 1 fully saturated rings. The van der Waals surface area contributed by atoms with E-state index in [9.17, 15) is 29.7 Å². The van der Waals surface area contributed by atoms with Crippen LogP contribution in [-0.2, 0) is 20.8 Å². The van der Waals surface area contributed by atoms with Crippen molar-refractivity contribution in [2.75, 3.05) is 18.5 Å². The molecule has 4 rings (SSSR count). The van der Waals surface area contributed by atoms with Crippen LogP contribution in [0, 0.1) is 5.92 Å². The third-order valence-corrected chi connectivity index (χ3v) is 6.71. The maximum absolute atomic E-state index is 13.2. The zero-order chi connectivity index (χ0) is 27.6. The number of nitrogens with one attached hydrogen (secondary N) is 2. The van der Waals surface area contributed by atoms with Crippen molar-refractivity contribution < 1.29 is 34.4 Å². The Morgan fingerprint density at radius 2 is 2.11 bits per heavy atom. The molecule has 0 spiro atoms. The van der Waals surface area contributed by atoms with Crippen LogP contribution in [0.15, 0.2) is 11.1 Å². The minimum atomic E-state index is -1.12. The Bertz CT molecular complexity index is 1220. The van der Waals surface area contributed by atoms with Crippen LogP contribution in [0.5, 0.6) is 0 Å². The molecule has 38 heavy (non-hydrogen) atoms. The number of imidazole rings is 1. The summed E-state index contributed by atoms with van der Waals surface area (Å²) in [6.45, 7) is 5.85. The van der Waals surface area contributed by atoms with Crippen molar-refractivity contribution in [3.05, 3.63) is 16.7 Å². The van der Waals surface area contributed by atoms with Crippen LogP contribution in [-0.4, -0.2) is 83.5 Å². The average molecular weight is 537 g/mol. The second kappa shape index (κ2) is 11.3. The van der Waals surface area contributed by atoms with Crippen molar-refractivity contribution >= 4 is 29.2 Å². The summed E-state index contributed by atoms with van der Waals surface area (Å²) in [5.74, 6) is -0.567. The molecule has 1 amide bonds. The maximum Gasteiger partial charge on any atom is 0.408 e. The van der Waals surface area contributed by atoms with Gasteiger partial charge in [-0.2, -0.15) is 4.98 Å². The van der Waals surface area contributed by atoms with Gasteiger partial charge in [-0.1, -0.05) is 12.8 Å². The number of carbonyl (C=O) groups is 2. The molecule has 5 N–H and O–H groups in total. The van der Waals surface area contributed by atoms with Crippen molar-refractivity contribution in [3.63, 3.8) is 0 Å². The van der Waals surface area contributed by atoms with E-state index in [4.69, 9.17) is 9.47 Å². The predicted molar refractivity (Wildman–Crippen MR) is 135 cm³/mol. The quantitative estimate of drug-likeness (QED) is 0.285. The smallest absolute Gasteiger partial charge is 0.408 e. The van der Waals surface area contributed by atoms with Gasteiger partial charge in [0, 0.05) is 19.5 Å². The molecule has 2 aliphatic rings. The Kier molecular flexibility index (Phi) is 8.23. The molecule has 2 aromatic heterocycles. The molecule has 0 aliphatic carbocycles. The maximum atomic E-state index is 13.2. The van der Waals surface area contributed by atoms with Crippen LogP contribution in [0.2, 0.25) is 0 Å². The number of ether oxygens (including phenoxy) is 2. The number of carboxylic acids is 1. The fourth-order valence-electron chi connectivity index (χ4n) is 4.81. The molecule has 4 heterocycles. The Labute approximate surface area is 219 Å². The second-order valence-electron chi connectivity index (χ2n) is 10.9. The van der Waals surface area contributed by atoms with Gasteiger partial charge >= 0.3 is 12.1 Å². The highest BCUT2D eigenvalue weighted by Gasteiger charge is 2.36. The van der Waals surface area contributed by atoms with Gasteiger partial charge in [0.2, 0.25) is 5.95 Å². The lowest BCUT2D eigenvalue weighted by molar-refractivity contribution is -0.139. The molecular weight excluding hydrogens is 500 g/mol. The molecule has 5 atom stereocenters. The second-order valence-corrected chi connectivity index (χ2v) is 10.9. The number of carboxylic acid groups (broad SMARTS) is 1. The van der Waals surface area contributed by atoms with Gasteiger partial charge in [0.25, 0.3) is 5.56 Å². The SMILES string of the molecule is CC(C)(C)OC(=O)N[C@@H](CCCCC1CNc2nc3c(ncn3[C@H]3C[C@H](O)[C@@H](CO)O3)c(=O)n2C1)C(=O)O. The minimum absolute atomic E-state index is 0.127. The summed E-state index contributed by atoms with van der Waals surface area (Å²) in [4.78, 5) is 45.5. The molecule has 210 valence electrons. The fourth-order valence-corrected chi connectivity index (χ4v) is 4.81. The highest BCUT2D eigenvalue weighted by molar-refractivity contribution is 5.80. The lowest BCUT2D eigenvalue weighted by Crippen LogP contribution is -2.43. The molecule has 2 aromatic rings. The van der Waals surface area contributed by atoms with Gasteiger partial charge < -0.3 is 35.4 Å². The minimum Gasteiger partial charge on any atom is -0.480 e. The molecule has 0 saturated carbocycles. The monoisotopic (exact) mass is 536 g/mol. The number of anilines is 1. The number of hydrogen-bond donors (Lipinski definition) is 5. The number of aliphatic hydroxyl groups is 2. The van der Waals surface area contributed by atoms with Crippen molar-refractivity contribution in [2.24, 2.45) is 5.92 Å². The van der Waals surface area contributed by atoms with Gasteiger partial charge in [-0.15, -0.1) is 0 Å². The number of aliphatic carboxylic acids is 1. The lowest BCUT2D eigenvalue weighted by atomic mass is 9.98. The number of rotatable bonds is 9. The van der Waals surface area contributed by atoms with Crippen molar-refractivity contribution in [1.29, 1.82) is 0 Å². The lowest BCUT2D eigenvalue weighted by Gasteiger charge is -2.27. The van der Waals surface area contributed by atoms with E-state index in [1.807, 2.05) is 0 Å². The van der Waals surface area contributed by atoms with Crippen molar-refractivity contribution in [3.8, 4) is 0 Å². The number of aliphatic hydroxyl groups excluding tert-OH is 2. The van der Waals surface area contributed by atoms with Crippen LogP contribution in [0.3, 0.4) is 0 Å². The molecule has 14 nitrogen and oxygen atoms in total. The summed E-state index contributed by atoms with van der Waals surface area (Å²) in [7, 11) is 0. The van der Waals surface area contributed by atoms with Crippen LogP contribution in [0.1, 0.15) is 59.1 Å². The van der Waals surface area contributed by atoms with E-state index in [1.54, 1.807) is 29.9 Å². The van der Waals surface area contributed by atoms with Gasteiger partial charge in [0.1, 0.15) is 24.0 Å². The molecule has 1 unspecified atom stereocenters. The van der Waals surface area contributed by atoms with E-state index >= 15 is 0 Å². The number of alkyl carbamates (subject to hydrolysis) is 1. The predicted octanol–water partition coefficient (Wildman–Crippen LogP) is 0.814. The molecule has 14 heteroatoms. The number of carbonyl (C=O) groups excluding carboxylic acids is 1. The molecular formula is C24H36N6O8. The molecule has 0 aromatic carbocycles. The summed E-state index contributed by atoms with van der Waals surface area (Å²) in [5.41, 5.74) is -0.464. The van der Waals surface area contributed by atoms with Crippen LogP contribution >= 0.6 is 0 Å². The van der Waals surface area contributed by atoms with E-state index in [2.05, 4.69) is 20.6 Å². The summed E-state index contributed by atoms with van der Waals surface area (Å²) in [6.07, 6.45) is 1.16. The standard InChI is InChI=1S/C24H36N6O8/c1-24(2,3)38-23(36)27-14(21(34)35)7-5-4-6-13-9-25-22-28-19-18(20(33)29(22)10-13)26-12-30(19)17-8-15(32)16(11-31)37-17/h12-17,31-32H,4-11H2,1-3H3,(H,25,28)(H,27,36)(H,34,35)/t13?,14-,15-,16+,17+/m0/s1. The topological polar surface area (TPSA) is 190 Å². The van der Waals surface area contributed by atoms with Crippen LogP contribution in [0.25, 0.3) is 11.2 Å². The number of nitrogens with zero attached hydrogens (tertiary/aromatic N) is 4. The van der Waals surface area contributed by atoms with Crippen molar-refractivity contribution in [2.45, 2.75) is 89.5 Å². The van der Waals surface area contributed by atoms with E-state index in [0.29, 0.717) is 37.5 Å². The largest absolute Gasteiger partial charge is 0.480 e. The summed E-state index contributed by atoms with van der Waals surface area (Å²) in [6, 6.07) is -1.04. The molecule has 0 bridgehead atoms. The molecule has 1 saturated heterocycles. The number of amides is 1. The molecule has 0 radical (unpaired) electrons. The highest BCUT2D eigenvalue weighted by atomic mass is 16.6. The fraction of sp³-hybridized carbons (Fsp3) is 0.708. The average Bonchev–Trinajstić information content (AvgIpc) is 3.43. The van der Waals surface area contributed by atoms with Gasteiger partial charge in [0.15, 0.2) is 11.2 Å². The van der Waals surface area contributed by atoms with E-state index in [1.165, 1.54) is 6.33 Å².